The van der Waals surface area contributed by atoms with Crippen molar-refractivity contribution in [2.24, 2.45) is 5.11 Å². The lowest BCUT2D eigenvalue weighted by atomic mass is 9.86. The highest BCUT2D eigenvalue weighted by Crippen LogP contribution is 2.27. The van der Waals surface area contributed by atoms with E-state index in [-0.39, 0.29) is 23.8 Å². The Hall–Kier alpha value is -2.00. The molecular weight excluding hydrogens is 266 g/mol. The third kappa shape index (κ3) is 5.48. The van der Waals surface area contributed by atoms with Crippen LogP contribution >= 0.6 is 0 Å². The summed E-state index contributed by atoms with van der Waals surface area (Å²) in [6.07, 6.45) is 0.705. The van der Waals surface area contributed by atoms with Crippen molar-refractivity contribution in [2.75, 3.05) is 6.61 Å². The predicted octanol–water partition coefficient (Wildman–Crippen LogP) is 4.68. The maximum absolute atomic E-state index is 11.4. The summed E-state index contributed by atoms with van der Waals surface area (Å²) >= 11 is 0. The van der Waals surface area contributed by atoms with Crippen LogP contribution in [0.5, 0.6) is 0 Å². The van der Waals surface area contributed by atoms with Gasteiger partial charge in [-0.05, 0) is 35.4 Å². The fourth-order valence-electron chi connectivity index (χ4n) is 2.05. The predicted molar refractivity (Wildman–Crippen MR) is 82.9 cm³/mol. The van der Waals surface area contributed by atoms with Crippen molar-refractivity contribution >= 4 is 5.97 Å². The minimum atomic E-state index is -0.339. The first-order valence-electron chi connectivity index (χ1n) is 7.18. The Morgan fingerprint density at radius 1 is 1.33 bits per heavy atom. The highest BCUT2D eigenvalue weighted by molar-refractivity contribution is 5.69. The number of azide groups is 1. The Morgan fingerprint density at radius 2 is 1.95 bits per heavy atom. The largest absolute Gasteiger partial charge is 0.466 e. The van der Waals surface area contributed by atoms with E-state index in [4.69, 9.17) is 10.3 Å². The van der Waals surface area contributed by atoms with Crippen molar-refractivity contribution in [2.45, 2.75) is 52.0 Å². The molecule has 1 rings (SSSR count). The number of esters is 1. The second-order valence-corrected chi connectivity index (χ2v) is 5.94. The highest BCUT2D eigenvalue weighted by atomic mass is 16.5. The Balaban J connectivity index is 2.81. The Morgan fingerprint density at radius 3 is 2.43 bits per heavy atom. The molecule has 0 aliphatic rings. The molecule has 0 amide bonds. The van der Waals surface area contributed by atoms with Crippen LogP contribution in [0.25, 0.3) is 10.4 Å². The molecule has 5 nitrogen and oxygen atoms in total. The van der Waals surface area contributed by atoms with Gasteiger partial charge in [-0.25, -0.2) is 0 Å². The molecule has 0 N–H and O–H groups in total. The van der Waals surface area contributed by atoms with E-state index in [1.807, 2.05) is 24.3 Å². The molecule has 1 atom stereocenters. The van der Waals surface area contributed by atoms with Crippen molar-refractivity contribution in [1.82, 2.24) is 0 Å². The molecule has 0 spiro atoms. The van der Waals surface area contributed by atoms with Gasteiger partial charge in [0.1, 0.15) is 0 Å². The number of rotatable bonds is 6. The van der Waals surface area contributed by atoms with Crippen LogP contribution in [0.15, 0.2) is 29.4 Å². The molecule has 1 aromatic carbocycles. The van der Waals surface area contributed by atoms with Crippen LogP contribution < -0.4 is 0 Å². The molecule has 21 heavy (non-hydrogen) atoms. The lowest BCUT2D eigenvalue weighted by Gasteiger charge is -2.20. The van der Waals surface area contributed by atoms with E-state index in [9.17, 15) is 4.79 Å². The topological polar surface area (TPSA) is 75.1 Å². The maximum atomic E-state index is 11.4. The number of benzene rings is 1. The fourth-order valence-corrected chi connectivity index (χ4v) is 2.05. The molecule has 5 heteroatoms. The normalized spacial score (nSPS) is 12.4. The van der Waals surface area contributed by atoms with E-state index < -0.39 is 0 Å². The number of hydrogen-bond acceptors (Lipinski definition) is 3. The van der Waals surface area contributed by atoms with Crippen LogP contribution in [-0.4, -0.2) is 12.6 Å². The SMILES string of the molecule is CCOC(=O)CCC(N=[N+]=[N-])c1ccc(C(C)(C)C)cc1. The maximum Gasteiger partial charge on any atom is 0.305 e. The molecule has 0 aromatic heterocycles. The average molecular weight is 289 g/mol. The lowest BCUT2D eigenvalue weighted by Crippen LogP contribution is -2.11. The van der Waals surface area contributed by atoms with Gasteiger partial charge in [0.15, 0.2) is 0 Å². The van der Waals surface area contributed by atoms with Crippen LogP contribution in [0, 0.1) is 0 Å². The number of hydrogen-bond donors (Lipinski definition) is 0. The van der Waals surface area contributed by atoms with Crippen LogP contribution in [0.3, 0.4) is 0 Å². The first kappa shape index (κ1) is 17.1. The smallest absolute Gasteiger partial charge is 0.305 e. The van der Waals surface area contributed by atoms with Gasteiger partial charge in [-0.3, -0.25) is 4.79 Å². The van der Waals surface area contributed by atoms with Crippen LogP contribution in [0.1, 0.15) is 57.7 Å². The molecule has 0 heterocycles. The van der Waals surface area contributed by atoms with Gasteiger partial charge in [0, 0.05) is 11.3 Å². The monoisotopic (exact) mass is 289 g/mol. The summed E-state index contributed by atoms with van der Waals surface area (Å²) in [5.41, 5.74) is 10.9. The first-order valence-corrected chi connectivity index (χ1v) is 7.18. The third-order valence-electron chi connectivity index (χ3n) is 3.28. The summed E-state index contributed by atoms with van der Waals surface area (Å²) in [4.78, 5) is 14.3. The zero-order valence-electron chi connectivity index (χ0n) is 13.2. The second-order valence-electron chi connectivity index (χ2n) is 5.94. The van der Waals surface area contributed by atoms with Crippen molar-refractivity contribution in [1.29, 1.82) is 0 Å². The number of carbonyl (C=O) groups is 1. The van der Waals surface area contributed by atoms with Crippen LogP contribution in [-0.2, 0) is 14.9 Å². The van der Waals surface area contributed by atoms with Gasteiger partial charge in [0.05, 0.1) is 12.6 Å². The molecule has 0 saturated heterocycles. The fraction of sp³-hybridized carbons (Fsp3) is 0.562. The second kappa shape index (κ2) is 7.70. The van der Waals surface area contributed by atoms with Crippen LogP contribution in [0.4, 0.5) is 0 Å². The minimum Gasteiger partial charge on any atom is -0.466 e. The van der Waals surface area contributed by atoms with Gasteiger partial charge in [-0.1, -0.05) is 50.2 Å². The molecule has 0 aliphatic heterocycles. The number of nitrogens with zero attached hydrogens (tertiary/aromatic N) is 3. The highest BCUT2D eigenvalue weighted by Gasteiger charge is 2.16. The van der Waals surface area contributed by atoms with Gasteiger partial charge in [-0.2, -0.15) is 0 Å². The zero-order valence-corrected chi connectivity index (χ0v) is 13.2. The van der Waals surface area contributed by atoms with Crippen molar-refractivity contribution in [3.8, 4) is 0 Å². The van der Waals surface area contributed by atoms with E-state index in [1.54, 1.807) is 6.92 Å². The quantitative estimate of drug-likeness (QED) is 0.330. The first-order chi connectivity index (χ1) is 9.88. The van der Waals surface area contributed by atoms with Gasteiger partial charge in [-0.15, -0.1) is 0 Å². The molecule has 0 radical (unpaired) electrons. The molecule has 1 aromatic rings. The van der Waals surface area contributed by atoms with Crippen LogP contribution in [0.2, 0.25) is 0 Å². The summed E-state index contributed by atoms with van der Waals surface area (Å²) in [6.45, 7) is 8.58. The van der Waals surface area contributed by atoms with Gasteiger partial charge in [0.2, 0.25) is 0 Å². The van der Waals surface area contributed by atoms with Crippen molar-refractivity contribution in [3.63, 3.8) is 0 Å². The molecule has 0 fully saturated rings. The van der Waals surface area contributed by atoms with Gasteiger partial charge >= 0.3 is 5.97 Å². The molecule has 0 saturated carbocycles. The Labute approximate surface area is 125 Å². The van der Waals surface area contributed by atoms with Gasteiger partial charge < -0.3 is 4.74 Å². The molecule has 0 bridgehead atoms. The minimum absolute atomic E-state index is 0.0808. The summed E-state index contributed by atoms with van der Waals surface area (Å²) < 4.78 is 4.90. The van der Waals surface area contributed by atoms with E-state index >= 15 is 0 Å². The van der Waals surface area contributed by atoms with E-state index in [0.717, 1.165) is 5.56 Å². The lowest BCUT2D eigenvalue weighted by molar-refractivity contribution is -0.143. The van der Waals surface area contributed by atoms with E-state index in [0.29, 0.717) is 13.0 Å². The van der Waals surface area contributed by atoms with Gasteiger partial charge in [0.25, 0.3) is 0 Å². The summed E-state index contributed by atoms with van der Waals surface area (Å²) in [5.74, 6) is -0.262. The summed E-state index contributed by atoms with van der Waals surface area (Å²) in [7, 11) is 0. The average Bonchev–Trinajstić information content (AvgIpc) is 2.43. The third-order valence-corrected chi connectivity index (χ3v) is 3.28. The number of carbonyl (C=O) groups excluding carboxylic acids is 1. The van der Waals surface area contributed by atoms with E-state index in [2.05, 4.69) is 30.8 Å². The van der Waals surface area contributed by atoms with Crippen molar-refractivity contribution in [3.05, 3.63) is 45.8 Å². The Kier molecular flexibility index (Phi) is 6.25. The standard InChI is InChI=1S/C16H23N3O2/c1-5-21-15(20)11-10-14(18-19-17)12-6-8-13(9-7-12)16(2,3)4/h6-9,14H,5,10-11H2,1-4H3. The molecule has 0 aliphatic carbocycles. The zero-order chi connectivity index (χ0) is 15.9. The number of ether oxygens (including phenoxy) is 1. The molecule has 1 unspecified atom stereocenters. The van der Waals surface area contributed by atoms with E-state index in [1.165, 1.54) is 5.56 Å². The molecule has 114 valence electrons. The van der Waals surface area contributed by atoms with Crippen molar-refractivity contribution < 1.29 is 9.53 Å². The summed E-state index contributed by atoms with van der Waals surface area (Å²) in [6, 6.07) is 7.67. The summed E-state index contributed by atoms with van der Waals surface area (Å²) in [5, 5.41) is 3.79. The Bertz CT molecular complexity index is 511. The molecular formula is C16H23N3O2.